The first-order chi connectivity index (χ1) is 11.4. The fourth-order valence-electron chi connectivity index (χ4n) is 2.19. The first-order valence-corrected chi connectivity index (χ1v) is 8.72. The molecular formula is C16H15N3O4S. The predicted octanol–water partition coefficient (Wildman–Crippen LogP) is 2.22. The predicted molar refractivity (Wildman–Crippen MR) is 89.4 cm³/mol. The first-order valence-electron chi connectivity index (χ1n) is 7.00. The molecule has 8 heteroatoms. The van der Waals surface area contributed by atoms with Crippen LogP contribution >= 0.6 is 0 Å². The molecule has 0 aliphatic rings. The Morgan fingerprint density at radius 2 is 1.83 bits per heavy atom. The molecule has 0 aliphatic carbocycles. The molecule has 0 atom stereocenters. The van der Waals surface area contributed by atoms with Crippen molar-refractivity contribution in [3.05, 3.63) is 54.4 Å². The molecular weight excluding hydrogens is 330 g/mol. The van der Waals surface area contributed by atoms with Crippen molar-refractivity contribution in [1.82, 2.24) is 9.97 Å². The lowest BCUT2D eigenvalue weighted by Crippen LogP contribution is -2.14. The number of sulfonamides is 1. The third kappa shape index (κ3) is 3.79. The van der Waals surface area contributed by atoms with Gasteiger partial charge in [0.25, 0.3) is 0 Å². The Balaban J connectivity index is 1.87. The van der Waals surface area contributed by atoms with Gasteiger partial charge in [0, 0.05) is 18.3 Å². The van der Waals surface area contributed by atoms with Gasteiger partial charge in [-0.2, -0.15) is 0 Å². The van der Waals surface area contributed by atoms with E-state index in [1.165, 1.54) is 0 Å². The number of hydrogen-bond acceptors (Lipinski definition) is 6. The molecule has 1 aromatic carbocycles. The molecule has 0 saturated carbocycles. The van der Waals surface area contributed by atoms with E-state index >= 15 is 0 Å². The van der Waals surface area contributed by atoms with Crippen molar-refractivity contribution in [3.8, 4) is 17.2 Å². The van der Waals surface area contributed by atoms with E-state index in [0.717, 1.165) is 0 Å². The van der Waals surface area contributed by atoms with Gasteiger partial charge in [-0.25, -0.2) is 18.5 Å². The lowest BCUT2D eigenvalue weighted by atomic mass is 10.2. The lowest BCUT2D eigenvalue weighted by Gasteiger charge is -2.09. The topological polar surface area (TPSA) is 104 Å². The van der Waals surface area contributed by atoms with E-state index in [4.69, 9.17) is 14.6 Å². The molecule has 0 radical (unpaired) electrons. The number of nitrogens with zero attached hydrogens (tertiary/aromatic N) is 2. The smallest absolute Gasteiger partial charge is 0.213 e. The minimum absolute atomic E-state index is 0.215. The quantitative estimate of drug-likeness (QED) is 0.760. The second-order valence-electron chi connectivity index (χ2n) is 5.11. The average molecular weight is 345 g/mol. The largest absolute Gasteiger partial charge is 0.495 e. The Labute approximate surface area is 139 Å². The highest BCUT2D eigenvalue weighted by atomic mass is 32.2. The van der Waals surface area contributed by atoms with E-state index in [-0.39, 0.29) is 5.75 Å². The van der Waals surface area contributed by atoms with E-state index in [0.29, 0.717) is 33.8 Å². The van der Waals surface area contributed by atoms with Gasteiger partial charge >= 0.3 is 0 Å². The maximum absolute atomic E-state index is 11.1. The molecule has 0 bridgehead atoms. The van der Waals surface area contributed by atoms with Crippen LogP contribution in [-0.2, 0) is 15.8 Å². The summed E-state index contributed by atoms with van der Waals surface area (Å²) in [7, 11) is -1.99. The summed E-state index contributed by atoms with van der Waals surface area (Å²) in [4.78, 5) is 8.55. The molecule has 0 amide bonds. The summed E-state index contributed by atoms with van der Waals surface area (Å²) in [6.07, 6.45) is 3.21. The normalized spacial score (nSPS) is 11.4. The summed E-state index contributed by atoms with van der Waals surface area (Å²) >= 11 is 0. The highest BCUT2D eigenvalue weighted by molar-refractivity contribution is 7.88. The number of benzene rings is 1. The summed E-state index contributed by atoms with van der Waals surface area (Å²) < 4.78 is 33.1. The number of hydrogen-bond donors (Lipinski definition) is 1. The molecule has 2 N–H and O–H groups in total. The molecule has 0 saturated heterocycles. The number of fused-ring (bicyclic) bond motifs is 1. The molecule has 124 valence electrons. The van der Waals surface area contributed by atoms with Crippen LogP contribution in [0, 0.1) is 0 Å². The van der Waals surface area contributed by atoms with Gasteiger partial charge in [-0.3, -0.25) is 4.98 Å². The Kier molecular flexibility index (Phi) is 4.32. The van der Waals surface area contributed by atoms with Crippen molar-refractivity contribution < 1.29 is 17.9 Å². The van der Waals surface area contributed by atoms with E-state index < -0.39 is 10.0 Å². The first kappa shape index (κ1) is 16.2. The number of nitrogens with two attached hydrogens (primary N) is 1. The third-order valence-corrected chi connectivity index (χ3v) is 4.01. The molecule has 0 spiro atoms. The van der Waals surface area contributed by atoms with Gasteiger partial charge in [-0.1, -0.05) is 12.1 Å². The van der Waals surface area contributed by atoms with Crippen LogP contribution in [0.25, 0.3) is 11.0 Å². The average Bonchev–Trinajstić information content (AvgIpc) is 2.55. The van der Waals surface area contributed by atoms with Crippen LogP contribution in [0.15, 0.2) is 48.8 Å². The van der Waals surface area contributed by atoms with Crippen molar-refractivity contribution >= 4 is 21.1 Å². The molecule has 0 aliphatic heterocycles. The second kappa shape index (κ2) is 6.42. The number of aromatic nitrogens is 2. The monoisotopic (exact) mass is 345 g/mol. The maximum atomic E-state index is 11.1. The fraction of sp³-hybridized carbons (Fsp3) is 0.125. The zero-order valence-corrected chi connectivity index (χ0v) is 13.7. The molecule has 0 unspecified atom stereocenters. The Morgan fingerprint density at radius 1 is 1.08 bits per heavy atom. The summed E-state index contributed by atoms with van der Waals surface area (Å²) in [5, 5.41) is 5.03. The van der Waals surface area contributed by atoms with Gasteiger partial charge in [-0.15, -0.1) is 0 Å². The lowest BCUT2D eigenvalue weighted by molar-refractivity contribution is 0.413. The van der Waals surface area contributed by atoms with E-state index in [1.54, 1.807) is 55.9 Å². The third-order valence-electron chi connectivity index (χ3n) is 3.27. The van der Waals surface area contributed by atoms with Crippen molar-refractivity contribution in [2.24, 2.45) is 5.14 Å². The summed E-state index contributed by atoms with van der Waals surface area (Å²) in [6, 6.07) is 10.1. The van der Waals surface area contributed by atoms with E-state index in [1.807, 2.05) is 0 Å². The Hall–Kier alpha value is -2.71. The van der Waals surface area contributed by atoms with Crippen LogP contribution in [0.5, 0.6) is 17.2 Å². The summed E-state index contributed by atoms with van der Waals surface area (Å²) in [6.45, 7) is 0. The number of ether oxygens (including phenoxy) is 2. The van der Waals surface area contributed by atoms with Crippen molar-refractivity contribution in [2.45, 2.75) is 5.75 Å². The van der Waals surface area contributed by atoms with Crippen molar-refractivity contribution in [1.29, 1.82) is 0 Å². The van der Waals surface area contributed by atoms with Gasteiger partial charge in [0.05, 0.1) is 24.6 Å². The summed E-state index contributed by atoms with van der Waals surface area (Å²) in [5.41, 5.74) is 1.84. The molecule has 2 heterocycles. The number of primary sulfonamides is 1. The van der Waals surface area contributed by atoms with Crippen LogP contribution in [0.1, 0.15) is 5.56 Å². The molecule has 24 heavy (non-hydrogen) atoms. The molecule has 3 aromatic rings. The molecule has 0 fully saturated rings. The molecule has 2 aromatic heterocycles. The van der Waals surface area contributed by atoms with Crippen LogP contribution in [0.2, 0.25) is 0 Å². The fourth-order valence-corrected chi connectivity index (χ4v) is 2.85. The number of methoxy groups -OCH3 is 1. The van der Waals surface area contributed by atoms with Crippen LogP contribution in [0.4, 0.5) is 0 Å². The molecule has 7 nitrogen and oxygen atoms in total. The van der Waals surface area contributed by atoms with Crippen molar-refractivity contribution in [2.75, 3.05) is 7.11 Å². The highest BCUT2D eigenvalue weighted by Gasteiger charge is 2.09. The van der Waals surface area contributed by atoms with Gasteiger partial charge in [0.1, 0.15) is 17.0 Å². The SMILES string of the molecule is COc1cnc2c(Oc3ccc(CS(N)(=O)=O)cc3)ccnc2c1. The van der Waals surface area contributed by atoms with Crippen LogP contribution in [-0.4, -0.2) is 25.5 Å². The second-order valence-corrected chi connectivity index (χ2v) is 6.72. The van der Waals surface area contributed by atoms with Gasteiger partial charge in [-0.05, 0) is 17.7 Å². The van der Waals surface area contributed by atoms with Gasteiger partial charge in [0.15, 0.2) is 5.75 Å². The molecule has 3 rings (SSSR count). The maximum Gasteiger partial charge on any atom is 0.213 e. The number of pyridine rings is 2. The highest BCUT2D eigenvalue weighted by Crippen LogP contribution is 2.29. The standard InChI is InChI=1S/C16H15N3O4S/c1-22-13-8-14-16(19-9-13)15(6-7-18-14)23-12-4-2-11(3-5-12)10-24(17,20)21/h2-9H,10H2,1H3,(H2,17,20,21). The van der Waals surface area contributed by atoms with Crippen LogP contribution in [0.3, 0.4) is 0 Å². The van der Waals surface area contributed by atoms with Gasteiger partial charge in [0.2, 0.25) is 10.0 Å². The number of rotatable bonds is 5. The van der Waals surface area contributed by atoms with Gasteiger partial charge < -0.3 is 9.47 Å². The Morgan fingerprint density at radius 3 is 2.50 bits per heavy atom. The van der Waals surface area contributed by atoms with Crippen LogP contribution < -0.4 is 14.6 Å². The van der Waals surface area contributed by atoms with E-state index in [2.05, 4.69) is 9.97 Å². The summed E-state index contributed by atoms with van der Waals surface area (Å²) in [5.74, 6) is 1.49. The zero-order chi connectivity index (χ0) is 17.2. The zero-order valence-electron chi connectivity index (χ0n) is 12.8. The minimum Gasteiger partial charge on any atom is -0.495 e. The van der Waals surface area contributed by atoms with E-state index in [9.17, 15) is 8.42 Å². The Bertz CT molecular complexity index is 972. The van der Waals surface area contributed by atoms with Crippen molar-refractivity contribution in [3.63, 3.8) is 0 Å². The minimum atomic E-state index is -3.56.